The molecular formula is C25H27FN4O4. The predicted molar refractivity (Wildman–Crippen MR) is 122 cm³/mol. The van der Waals surface area contributed by atoms with Crippen molar-refractivity contribution in [3.63, 3.8) is 0 Å². The van der Waals surface area contributed by atoms with Crippen molar-refractivity contribution < 1.29 is 23.5 Å². The molecule has 1 aromatic carbocycles. The number of piperidine rings is 1. The quantitative estimate of drug-likeness (QED) is 0.578. The monoisotopic (exact) mass is 466 g/mol. The number of morpholine rings is 1. The highest BCUT2D eigenvalue weighted by atomic mass is 19.1. The Hall–Kier alpha value is -3.46. The molecule has 178 valence electrons. The van der Waals surface area contributed by atoms with E-state index < -0.39 is 0 Å². The molecule has 0 saturated carbocycles. The van der Waals surface area contributed by atoms with Gasteiger partial charge < -0.3 is 19.3 Å². The first-order valence-electron chi connectivity index (χ1n) is 11.6. The van der Waals surface area contributed by atoms with Gasteiger partial charge in [0.15, 0.2) is 6.61 Å². The molecule has 2 amide bonds. The summed E-state index contributed by atoms with van der Waals surface area (Å²) in [5, 5.41) is 4.36. The summed E-state index contributed by atoms with van der Waals surface area (Å²) in [7, 11) is 0. The average molecular weight is 467 g/mol. The first kappa shape index (κ1) is 22.3. The second-order valence-electron chi connectivity index (χ2n) is 8.65. The van der Waals surface area contributed by atoms with E-state index in [9.17, 15) is 14.0 Å². The third kappa shape index (κ3) is 4.75. The molecule has 0 radical (unpaired) electrons. The standard InChI is InChI=1S/C25H27FN4O4/c26-20-1-3-21(4-2-20)34-17-24(31)28-8-5-18(6-9-28)19-7-10-30-23(15-19)22(16-27-30)25(32)29-11-13-33-14-12-29/h1-4,7,10,15-16,18H,5-6,8-9,11-14,17H2. The molecule has 5 rings (SSSR count). The minimum absolute atomic E-state index is 0.0166. The summed E-state index contributed by atoms with van der Waals surface area (Å²) in [6.07, 6.45) is 5.20. The molecule has 2 aliphatic rings. The minimum Gasteiger partial charge on any atom is -0.484 e. The third-order valence-electron chi connectivity index (χ3n) is 6.57. The molecule has 2 aromatic heterocycles. The highest BCUT2D eigenvalue weighted by molar-refractivity contribution is 6.00. The van der Waals surface area contributed by atoms with Gasteiger partial charge in [0.05, 0.1) is 30.5 Å². The van der Waals surface area contributed by atoms with Crippen molar-refractivity contribution in [3.8, 4) is 5.75 Å². The van der Waals surface area contributed by atoms with E-state index in [-0.39, 0.29) is 24.2 Å². The fourth-order valence-corrected chi connectivity index (χ4v) is 4.58. The molecule has 2 aliphatic heterocycles. The Morgan fingerprint density at radius 3 is 2.50 bits per heavy atom. The Balaban J connectivity index is 1.21. The molecule has 0 bridgehead atoms. The molecule has 4 heterocycles. The van der Waals surface area contributed by atoms with Crippen LogP contribution in [0.15, 0.2) is 48.8 Å². The van der Waals surface area contributed by atoms with E-state index in [1.165, 1.54) is 24.3 Å². The van der Waals surface area contributed by atoms with Gasteiger partial charge in [-0.25, -0.2) is 8.91 Å². The number of hydrogen-bond acceptors (Lipinski definition) is 5. The lowest BCUT2D eigenvalue weighted by Crippen LogP contribution is -2.40. The molecule has 0 N–H and O–H groups in total. The van der Waals surface area contributed by atoms with Crippen LogP contribution in [0.3, 0.4) is 0 Å². The number of aromatic nitrogens is 2. The van der Waals surface area contributed by atoms with Crippen LogP contribution >= 0.6 is 0 Å². The fraction of sp³-hybridized carbons (Fsp3) is 0.400. The summed E-state index contributed by atoms with van der Waals surface area (Å²) in [5.74, 6) is 0.339. The second-order valence-corrected chi connectivity index (χ2v) is 8.65. The van der Waals surface area contributed by atoms with E-state index >= 15 is 0 Å². The maximum absolute atomic E-state index is 13.0. The number of nitrogens with zero attached hydrogens (tertiary/aromatic N) is 4. The van der Waals surface area contributed by atoms with Crippen LogP contribution in [0.1, 0.15) is 34.7 Å². The van der Waals surface area contributed by atoms with Crippen molar-refractivity contribution in [2.75, 3.05) is 46.0 Å². The first-order chi connectivity index (χ1) is 16.6. The van der Waals surface area contributed by atoms with Crippen molar-refractivity contribution >= 4 is 17.3 Å². The minimum atomic E-state index is -0.340. The Bertz CT molecular complexity index is 1170. The average Bonchev–Trinajstić information content (AvgIpc) is 3.31. The lowest BCUT2D eigenvalue weighted by Gasteiger charge is -2.32. The van der Waals surface area contributed by atoms with Crippen LogP contribution in [0.5, 0.6) is 5.75 Å². The predicted octanol–water partition coefficient (Wildman–Crippen LogP) is 2.73. The summed E-state index contributed by atoms with van der Waals surface area (Å²) < 4.78 is 25.6. The number of rotatable bonds is 5. The summed E-state index contributed by atoms with van der Waals surface area (Å²) >= 11 is 0. The molecule has 0 aliphatic carbocycles. The largest absolute Gasteiger partial charge is 0.484 e. The normalized spacial score (nSPS) is 17.2. The van der Waals surface area contributed by atoms with Gasteiger partial charge in [0.1, 0.15) is 11.6 Å². The molecule has 2 saturated heterocycles. The fourth-order valence-electron chi connectivity index (χ4n) is 4.58. The molecule has 8 nitrogen and oxygen atoms in total. The van der Waals surface area contributed by atoms with Crippen LogP contribution in [0.2, 0.25) is 0 Å². The topological polar surface area (TPSA) is 76.4 Å². The maximum Gasteiger partial charge on any atom is 0.260 e. The van der Waals surface area contributed by atoms with Crippen LogP contribution in [-0.2, 0) is 9.53 Å². The smallest absolute Gasteiger partial charge is 0.260 e. The van der Waals surface area contributed by atoms with E-state index in [4.69, 9.17) is 9.47 Å². The number of fused-ring (bicyclic) bond motifs is 1. The zero-order valence-corrected chi connectivity index (χ0v) is 18.9. The zero-order valence-electron chi connectivity index (χ0n) is 18.9. The lowest BCUT2D eigenvalue weighted by molar-refractivity contribution is -0.134. The number of halogens is 1. The molecule has 0 atom stereocenters. The van der Waals surface area contributed by atoms with Gasteiger partial charge in [0, 0.05) is 32.4 Å². The number of carbonyl (C=O) groups is 2. The zero-order chi connectivity index (χ0) is 23.5. The number of ether oxygens (including phenoxy) is 2. The Morgan fingerprint density at radius 1 is 1.03 bits per heavy atom. The highest BCUT2D eigenvalue weighted by Gasteiger charge is 2.26. The summed E-state index contributed by atoms with van der Waals surface area (Å²) in [6, 6.07) is 9.74. The SMILES string of the molecule is O=C(COc1ccc(F)cc1)N1CCC(c2ccn3ncc(C(=O)N4CCOCC4)c3c2)CC1. The molecule has 0 unspecified atom stereocenters. The van der Waals surface area contributed by atoms with Gasteiger partial charge in [0.25, 0.3) is 11.8 Å². The van der Waals surface area contributed by atoms with E-state index in [2.05, 4.69) is 11.2 Å². The Kier molecular flexibility index (Phi) is 6.44. The van der Waals surface area contributed by atoms with Crippen molar-refractivity contribution in [1.82, 2.24) is 19.4 Å². The van der Waals surface area contributed by atoms with Crippen molar-refractivity contribution in [2.45, 2.75) is 18.8 Å². The van der Waals surface area contributed by atoms with Crippen molar-refractivity contribution in [1.29, 1.82) is 0 Å². The summed E-state index contributed by atoms with van der Waals surface area (Å²) in [4.78, 5) is 29.2. The van der Waals surface area contributed by atoms with E-state index in [0.29, 0.717) is 56.6 Å². The number of amides is 2. The molecule has 0 spiro atoms. The number of benzene rings is 1. The van der Waals surface area contributed by atoms with E-state index in [1.54, 1.807) is 10.7 Å². The number of likely N-dealkylation sites (tertiary alicyclic amines) is 1. The number of carbonyl (C=O) groups excluding carboxylic acids is 2. The Labute approximate surface area is 196 Å². The second kappa shape index (κ2) is 9.80. The third-order valence-corrected chi connectivity index (χ3v) is 6.57. The molecule has 3 aromatic rings. The summed E-state index contributed by atoms with van der Waals surface area (Å²) in [5.41, 5.74) is 2.56. The van der Waals surface area contributed by atoms with Gasteiger partial charge in [-0.15, -0.1) is 0 Å². The lowest BCUT2D eigenvalue weighted by atomic mass is 9.89. The van der Waals surface area contributed by atoms with Crippen molar-refractivity contribution in [2.24, 2.45) is 0 Å². The molecule has 9 heteroatoms. The first-order valence-corrected chi connectivity index (χ1v) is 11.6. The molecule has 34 heavy (non-hydrogen) atoms. The van der Waals surface area contributed by atoms with Gasteiger partial charge in [-0.2, -0.15) is 5.10 Å². The van der Waals surface area contributed by atoms with Crippen LogP contribution < -0.4 is 4.74 Å². The molecule has 2 fully saturated rings. The van der Waals surface area contributed by atoms with E-state index in [1.807, 2.05) is 22.1 Å². The van der Waals surface area contributed by atoms with Crippen molar-refractivity contribution in [3.05, 3.63) is 65.7 Å². The van der Waals surface area contributed by atoms with Crippen LogP contribution in [0, 0.1) is 5.82 Å². The van der Waals surface area contributed by atoms with Crippen LogP contribution in [0.4, 0.5) is 4.39 Å². The van der Waals surface area contributed by atoms with Gasteiger partial charge in [-0.3, -0.25) is 9.59 Å². The van der Waals surface area contributed by atoms with Crippen LogP contribution in [-0.4, -0.2) is 77.2 Å². The van der Waals surface area contributed by atoms with Gasteiger partial charge in [0.2, 0.25) is 0 Å². The van der Waals surface area contributed by atoms with Gasteiger partial charge in [-0.1, -0.05) is 0 Å². The van der Waals surface area contributed by atoms with Gasteiger partial charge >= 0.3 is 0 Å². The van der Waals surface area contributed by atoms with Gasteiger partial charge in [-0.05, 0) is 60.7 Å². The number of hydrogen-bond donors (Lipinski definition) is 0. The Morgan fingerprint density at radius 2 is 1.76 bits per heavy atom. The molecular weight excluding hydrogens is 439 g/mol. The number of pyridine rings is 1. The summed E-state index contributed by atoms with van der Waals surface area (Å²) in [6.45, 7) is 3.51. The van der Waals surface area contributed by atoms with E-state index in [0.717, 1.165) is 23.9 Å². The maximum atomic E-state index is 13.0. The highest BCUT2D eigenvalue weighted by Crippen LogP contribution is 2.29. The van der Waals surface area contributed by atoms with Crippen LogP contribution in [0.25, 0.3) is 5.52 Å².